The Morgan fingerprint density at radius 1 is 1.35 bits per heavy atom. The first-order valence-electron chi connectivity index (χ1n) is 5.62. The Morgan fingerprint density at radius 2 is 1.94 bits per heavy atom. The van der Waals surface area contributed by atoms with Gasteiger partial charge in [0, 0.05) is 20.0 Å². The van der Waals surface area contributed by atoms with Gasteiger partial charge in [0.05, 0.1) is 10.7 Å². The molecule has 2 N–H and O–H groups in total. The van der Waals surface area contributed by atoms with Gasteiger partial charge in [-0.15, -0.1) is 0 Å². The number of nitrogen functional groups attached to an aromatic ring is 1. The average Bonchev–Trinajstić information content (AvgIpc) is 2.27. The number of rotatable bonds is 4. The molecular formula is C12H18ClN3O. The standard InChI is InChI=1S/C12H18ClN3O/c1-4-15(5-2)16(9(3)17)12-10(13)7-6-8-11(12)14/h6-8H,4-5,14H2,1-3H3. The zero-order valence-electron chi connectivity index (χ0n) is 10.4. The topological polar surface area (TPSA) is 49.6 Å². The number of hydrogen-bond acceptors (Lipinski definition) is 3. The van der Waals surface area contributed by atoms with Gasteiger partial charge in [-0.3, -0.25) is 4.79 Å². The summed E-state index contributed by atoms with van der Waals surface area (Å²) in [6.45, 7) is 6.88. The number of hydrogen-bond donors (Lipinski definition) is 1. The molecule has 0 heterocycles. The van der Waals surface area contributed by atoms with Crippen molar-refractivity contribution in [1.29, 1.82) is 0 Å². The SMILES string of the molecule is CCN(CC)N(C(C)=O)c1c(N)cccc1Cl. The lowest BCUT2D eigenvalue weighted by atomic mass is 10.2. The summed E-state index contributed by atoms with van der Waals surface area (Å²) in [6, 6.07) is 5.23. The summed E-state index contributed by atoms with van der Waals surface area (Å²) in [4.78, 5) is 11.8. The number of amides is 1. The number of nitrogens with zero attached hydrogens (tertiary/aromatic N) is 2. The minimum absolute atomic E-state index is 0.103. The van der Waals surface area contributed by atoms with Crippen LogP contribution < -0.4 is 10.7 Å². The van der Waals surface area contributed by atoms with Crippen molar-refractivity contribution < 1.29 is 4.79 Å². The van der Waals surface area contributed by atoms with Crippen molar-refractivity contribution in [3.8, 4) is 0 Å². The Hall–Kier alpha value is -1.26. The first-order chi connectivity index (χ1) is 8.02. The average molecular weight is 256 g/mol. The second kappa shape index (κ2) is 5.89. The van der Waals surface area contributed by atoms with E-state index in [9.17, 15) is 4.79 Å². The molecule has 17 heavy (non-hydrogen) atoms. The highest BCUT2D eigenvalue weighted by atomic mass is 35.5. The number of carbonyl (C=O) groups excluding carboxylic acids is 1. The smallest absolute Gasteiger partial charge is 0.238 e. The van der Waals surface area contributed by atoms with Crippen LogP contribution in [-0.4, -0.2) is 24.0 Å². The van der Waals surface area contributed by atoms with E-state index in [0.29, 0.717) is 29.5 Å². The van der Waals surface area contributed by atoms with E-state index in [4.69, 9.17) is 17.3 Å². The zero-order valence-corrected chi connectivity index (χ0v) is 11.2. The fourth-order valence-electron chi connectivity index (χ4n) is 1.76. The number of nitrogens with two attached hydrogens (primary N) is 1. The number of benzene rings is 1. The fraction of sp³-hybridized carbons (Fsp3) is 0.417. The zero-order chi connectivity index (χ0) is 13.0. The predicted molar refractivity (Wildman–Crippen MR) is 71.9 cm³/mol. The van der Waals surface area contributed by atoms with Crippen molar-refractivity contribution in [2.45, 2.75) is 20.8 Å². The summed E-state index contributed by atoms with van der Waals surface area (Å²) in [5.74, 6) is -0.103. The van der Waals surface area contributed by atoms with Crippen LogP contribution in [0.25, 0.3) is 0 Å². The molecule has 1 aromatic carbocycles. The molecule has 1 amide bonds. The van der Waals surface area contributed by atoms with Gasteiger partial charge >= 0.3 is 0 Å². The summed E-state index contributed by atoms with van der Waals surface area (Å²) in [6.07, 6.45) is 0. The Morgan fingerprint density at radius 3 is 2.35 bits per heavy atom. The molecule has 94 valence electrons. The van der Waals surface area contributed by atoms with Gasteiger partial charge in [0.15, 0.2) is 0 Å². The summed E-state index contributed by atoms with van der Waals surface area (Å²) in [7, 11) is 0. The highest BCUT2D eigenvalue weighted by Gasteiger charge is 2.22. The largest absolute Gasteiger partial charge is 0.397 e. The van der Waals surface area contributed by atoms with Crippen molar-refractivity contribution in [3.63, 3.8) is 0 Å². The molecule has 0 radical (unpaired) electrons. The first-order valence-corrected chi connectivity index (χ1v) is 6.00. The van der Waals surface area contributed by atoms with Gasteiger partial charge in [0.2, 0.25) is 5.91 Å². The maximum Gasteiger partial charge on any atom is 0.238 e. The molecule has 5 heteroatoms. The lowest BCUT2D eigenvalue weighted by Gasteiger charge is -2.33. The van der Waals surface area contributed by atoms with Gasteiger partial charge in [-0.25, -0.2) is 10.0 Å². The Balaban J connectivity index is 3.27. The molecule has 0 aliphatic carbocycles. The van der Waals surface area contributed by atoms with Gasteiger partial charge in [0.25, 0.3) is 0 Å². The third-order valence-electron chi connectivity index (χ3n) is 2.54. The van der Waals surface area contributed by atoms with Gasteiger partial charge in [-0.1, -0.05) is 31.5 Å². The molecule has 1 rings (SSSR count). The normalized spacial score (nSPS) is 10.6. The van der Waals surface area contributed by atoms with Gasteiger partial charge in [-0.05, 0) is 12.1 Å². The van der Waals surface area contributed by atoms with E-state index in [1.807, 2.05) is 18.9 Å². The van der Waals surface area contributed by atoms with Gasteiger partial charge < -0.3 is 5.73 Å². The third kappa shape index (κ3) is 2.90. The molecular weight excluding hydrogens is 238 g/mol. The molecule has 0 atom stereocenters. The lowest BCUT2D eigenvalue weighted by molar-refractivity contribution is -0.119. The van der Waals surface area contributed by atoms with Crippen molar-refractivity contribution in [2.75, 3.05) is 23.8 Å². The molecule has 0 aliphatic heterocycles. The molecule has 0 saturated carbocycles. The van der Waals surface area contributed by atoms with Crippen LogP contribution >= 0.6 is 11.6 Å². The van der Waals surface area contributed by atoms with Gasteiger partial charge in [-0.2, -0.15) is 0 Å². The quantitative estimate of drug-likeness (QED) is 0.664. The second-order valence-electron chi connectivity index (χ2n) is 3.65. The molecule has 0 saturated heterocycles. The molecule has 0 spiro atoms. The van der Waals surface area contributed by atoms with Crippen molar-refractivity contribution in [1.82, 2.24) is 5.01 Å². The van der Waals surface area contributed by atoms with E-state index < -0.39 is 0 Å². The summed E-state index contributed by atoms with van der Waals surface area (Å²) < 4.78 is 0. The van der Waals surface area contributed by atoms with Crippen LogP contribution in [0.1, 0.15) is 20.8 Å². The van der Waals surface area contributed by atoms with Crippen LogP contribution in [0.2, 0.25) is 5.02 Å². The van der Waals surface area contributed by atoms with Crippen molar-refractivity contribution in [3.05, 3.63) is 23.2 Å². The second-order valence-corrected chi connectivity index (χ2v) is 4.05. The van der Waals surface area contributed by atoms with E-state index in [-0.39, 0.29) is 5.91 Å². The van der Waals surface area contributed by atoms with E-state index in [1.54, 1.807) is 18.2 Å². The number of hydrazine groups is 1. The first kappa shape index (κ1) is 13.8. The van der Waals surface area contributed by atoms with Crippen molar-refractivity contribution in [2.24, 2.45) is 0 Å². The fourth-order valence-corrected chi connectivity index (χ4v) is 2.02. The molecule has 1 aromatic rings. The molecule has 0 aliphatic rings. The lowest BCUT2D eigenvalue weighted by Crippen LogP contribution is -2.46. The highest BCUT2D eigenvalue weighted by Crippen LogP contribution is 2.32. The van der Waals surface area contributed by atoms with E-state index in [2.05, 4.69) is 0 Å². The van der Waals surface area contributed by atoms with Crippen LogP contribution in [0.5, 0.6) is 0 Å². The Labute approximate surface area is 107 Å². The number of anilines is 2. The number of halogens is 1. The van der Waals surface area contributed by atoms with Crippen LogP contribution in [-0.2, 0) is 4.79 Å². The molecule has 0 aromatic heterocycles. The van der Waals surface area contributed by atoms with Crippen LogP contribution in [0.15, 0.2) is 18.2 Å². The van der Waals surface area contributed by atoms with Crippen LogP contribution in [0, 0.1) is 0 Å². The molecule has 0 fully saturated rings. The Kier molecular flexibility index (Phi) is 4.78. The minimum atomic E-state index is -0.103. The monoisotopic (exact) mass is 255 g/mol. The Bertz CT molecular complexity index is 384. The van der Waals surface area contributed by atoms with Crippen molar-refractivity contribution >= 4 is 28.9 Å². The molecule has 0 unspecified atom stereocenters. The summed E-state index contributed by atoms with van der Waals surface area (Å²) in [5, 5.41) is 3.91. The summed E-state index contributed by atoms with van der Waals surface area (Å²) >= 11 is 6.13. The third-order valence-corrected chi connectivity index (χ3v) is 2.85. The predicted octanol–water partition coefficient (Wildman–Crippen LogP) is 2.53. The maximum absolute atomic E-state index is 11.8. The van der Waals surface area contributed by atoms with E-state index >= 15 is 0 Å². The van der Waals surface area contributed by atoms with E-state index in [0.717, 1.165) is 0 Å². The summed E-state index contributed by atoms with van der Waals surface area (Å²) in [5.41, 5.74) is 6.96. The maximum atomic E-state index is 11.8. The van der Waals surface area contributed by atoms with Crippen LogP contribution in [0.4, 0.5) is 11.4 Å². The van der Waals surface area contributed by atoms with E-state index in [1.165, 1.54) is 11.9 Å². The van der Waals surface area contributed by atoms with Crippen LogP contribution in [0.3, 0.4) is 0 Å². The van der Waals surface area contributed by atoms with Gasteiger partial charge in [0.1, 0.15) is 5.69 Å². The highest BCUT2D eigenvalue weighted by molar-refractivity contribution is 6.34. The minimum Gasteiger partial charge on any atom is -0.397 e. The number of para-hydroxylation sites is 1. The number of carbonyl (C=O) groups is 1. The molecule has 0 bridgehead atoms. The molecule has 4 nitrogen and oxygen atoms in total.